The van der Waals surface area contributed by atoms with Crippen LogP contribution in [0.1, 0.15) is 39.2 Å². The average Bonchev–Trinajstić information content (AvgIpc) is 3.12. The monoisotopic (exact) mass is 329 g/mol. The van der Waals surface area contributed by atoms with E-state index in [-0.39, 0.29) is 6.04 Å². The predicted octanol–water partition coefficient (Wildman–Crippen LogP) is 3.69. The van der Waals surface area contributed by atoms with Gasteiger partial charge in [-0.05, 0) is 44.3 Å². The normalized spacial score (nSPS) is 19.1. The highest BCUT2D eigenvalue weighted by Gasteiger charge is 2.29. The highest BCUT2D eigenvalue weighted by atomic mass is 16.5. The quantitative estimate of drug-likeness (QED) is 0.645. The molecule has 0 bridgehead atoms. The van der Waals surface area contributed by atoms with E-state index >= 15 is 0 Å². The molecule has 0 N–H and O–H groups in total. The third kappa shape index (κ3) is 5.34. The van der Waals surface area contributed by atoms with Crippen molar-refractivity contribution in [2.75, 3.05) is 32.9 Å². The van der Waals surface area contributed by atoms with Crippen LogP contribution in [0.5, 0.6) is 0 Å². The first-order valence-electron chi connectivity index (χ1n) is 9.04. The second kappa shape index (κ2) is 9.22. The Morgan fingerprint density at radius 2 is 1.79 bits per heavy atom. The van der Waals surface area contributed by atoms with Crippen LogP contribution >= 0.6 is 0 Å². The Bertz CT molecular complexity index is 516. The van der Waals surface area contributed by atoms with Crippen LogP contribution in [0.4, 0.5) is 0 Å². The fourth-order valence-electron chi connectivity index (χ4n) is 3.03. The van der Waals surface area contributed by atoms with E-state index in [1.165, 1.54) is 12.8 Å². The molecular weight excluding hydrogens is 298 g/mol. The van der Waals surface area contributed by atoms with Crippen LogP contribution in [-0.2, 0) is 15.1 Å². The van der Waals surface area contributed by atoms with Gasteiger partial charge >= 0.3 is 0 Å². The molecule has 24 heavy (non-hydrogen) atoms. The third-order valence-corrected chi connectivity index (χ3v) is 4.58. The molecule has 0 radical (unpaired) electrons. The van der Waals surface area contributed by atoms with Crippen molar-refractivity contribution in [2.24, 2.45) is 5.92 Å². The van der Waals surface area contributed by atoms with Crippen LogP contribution in [0.2, 0.25) is 0 Å². The minimum absolute atomic E-state index is 0.266. The van der Waals surface area contributed by atoms with E-state index in [4.69, 9.17) is 15.9 Å². The molecule has 3 heteroatoms. The zero-order valence-electron chi connectivity index (χ0n) is 15.3. The summed E-state index contributed by atoms with van der Waals surface area (Å²) >= 11 is 0. The zero-order chi connectivity index (χ0) is 17.4. The summed E-state index contributed by atoms with van der Waals surface area (Å²) in [5.41, 5.74) is 0.327. The Morgan fingerprint density at radius 3 is 2.38 bits per heavy atom. The molecule has 1 fully saturated rings. The molecule has 0 aliphatic carbocycles. The Morgan fingerprint density at radius 1 is 1.12 bits per heavy atom. The van der Waals surface area contributed by atoms with Crippen molar-refractivity contribution >= 4 is 0 Å². The highest BCUT2D eigenvalue weighted by Crippen LogP contribution is 2.25. The van der Waals surface area contributed by atoms with Gasteiger partial charge < -0.3 is 9.47 Å². The largest absolute Gasteiger partial charge is 0.379 e. The number of nitrogens with zero attached hydrogens (tertiary/aromatic N) is 1. The topological polar surface area (TPSA) is 21.7 Å². The van der Waals surface area contributed by atoms with Crippen molar-refractivity contribution in [1.82, 2.24) is 4.90 Å². The second-order valence-electron chi connectivity index (χ2n) is 7.18. The molecule has 0 amide bonds. The second-order valence-corrected chi connectivity index (χ2v) is 7.18. The molecule has 0 spiro atoms. The minimum Gasteiger partial charge on any atom is -0.379 e. The van der Waals surface area contributed by atoms with E-state index in [0.29, 0.717) is 19.1 Å². The van der Waals surface area contributed by atoms with Crippen LogP contribution in [0.3, 0.4) is 0 Å². The maximum atomic E-state index is 6.24. The molecule has 0 unspecified atom stereocenters. The van der Waals surface area contributed by atoms with Crippen molar-refractivity contribution in [1.29, 1.82) is 0 Å². The number of hydrogen-bond donors (Lipinski definition) is 0. The first-order chi connectivity index (χ1) is 11.5. The Balaban J connectivity index is 1.98. The van der Waals surface area contributed by atoms with Gasteiger partial charge in [0.2, 0.25) is 0 Å². The van der Waals surface area contributed by atoms with Crippen molar-refractivity contribution in [3.8, 4) is 12.3 Å². The van der Waals surface area contributed by atoms with Gasteiger partial charge in [0.15, 0.2) is 5.60 Å². The molecule has 1 aromatic carbocycles. The average molecular weight is 329 g/mol. The van der Waals surface area contributed by atoms with Gasteiger partial charge in [-0.15, -0.1) is 6.42 Å². The first kappa shape index (κ1) is 19.0. The van der Waals surface area contributed by atoms with Crippen LogP contribution in [0.25, 0.3) is 0 Å². The van der Waals surface area contributed by atoms with E-state index in [1.54, 1.807) is 0 Å². The summed E-state index contributed by atoms with van der Waals surface area (Å²) in [5, 5.41) is 0. The van der Waals surface area contributed by atoms with Crippen molar-refractivity contribution in [3.05, 3.63) is 35.9 Å². The van der Waals surface area contributed by atoms with Gasteiger partial charge in [0.1, 0.15) is 0 Å². The van der Waals surface area contributed by atoms with Crippen molar-refractivity contribution < 1.29 is 9.47 Å². The van der Waals surface area contributed by atoms with E-state index in [1.807, 2.05) is 37.3 Å². The van der Waals surface area contributed by atoms with Crippen LogP contribution in [0, 0.1) is 18.3 Å². The summed E-state index contributed by atoms with van der Waals surface area (Å²) in [4.78, 5) is 2.47. The molecule has 2 atom stereocenters. The Hall–Kier alpha value is -1.34. The Kier molecular flexibility index (Phi) is 7.30. The van der Waals surface area contributed by atoms with Crippen molar-refractivity contribution in [3.63, 3.8) is 0 Å². The van der Waals surface area contributed by atoms with Crippen molar-refractivity contribution in [2.45, 2.75) is 45.3 Å². The van der Waals surface area contributed by atoms with Crippen LogP contribution < -0.4 is 0 Å². The lowest BCUT2D eigenvalue weighted by molar-refractivity contribution is -0.0459. The maximum absolute atomic E-state index is 6.24. The number of terminal acetylenes is 1. The van der Waals surface area contributed by atoms with Crippen LogP contribution in [-0.4, -0.2) is 43.9 Å². The van der Waals surface area contributed by atoms with E-state index < -0.39 is 5.60 Å². The lowest BCUT2D eigenvalue weighted by Crippen LogP contribution is -2.42. The molecular formula is C21H31NO2. The van der Waals surface area contributed by atoms with Gasteiger partial charge in [-0.1, -0.05) is 50.1 Å². The molecule has 1 saturated heterocycles. The zero-order valence-corrected chi connectivity index (χ0v) is 15.3. The van der Waals surface area contributed by atoms with Gasteiger partial charge in [-0.3, -0.25) is 4.90 Å². The van der Waals surface area contributed by atoms with Gasteiger partial charge in [0.25, 0.3) is 0 Å². The van der Waals surface area contributed by atoms with Crippen LogP contribution in [0.15, 0.2) is 30.3 Å². The molecule has 0 aromatic heterocycles. The minimum atomic E-state index is -0.697. The van der Waals surface area contributed by atoms with E-state index in [0.717, 1.165) is 25.3 Å². The standard InChI is InChI=1S/C21H31NO2/c1-5-21(4,19-11-7-6-8-12-19)24-17-20(16-23-15-18(2)3)22-13-9-10-14-22/h1,6-8,11-12,18,20H,9-10,13-17H2,2-4H3/t20-,21+/m1/s1. The summed E-state index contributed by atoms with van der Waals surface area (Å²) in [6.07, 6.45) is 8.31. The van der Waals surface area contributed by atoms with Gasteiger partial charge in [0, 0.05) is 6.61 Å². The number of benzene rings is 1. The Labute approximate surface area is 147 Å². The lowest BCUT2D eigenvalue weighted by Gasteiger charge is -2.32. The summed E-state index contributed by atoms with van der Waals surface area (Å²) < 4.78 is 12.1. The first-order valence-corrected chi connectivity index (χ1v) is 9.04. The molecule has 1 aliphatic rings. The predicted molar refractivity (Wildman–Crippen MR) is 98.8 cm³/mol. The smallest absolute Gasteiger partial charge is 0.151 e. The molecule has 0 saturated carbocycles. The molecule has 3 nitrogen and oxygen atoms in total. The van der Waals surface area contributed by atoms with E-state index in [2.05, 4.69) is 24.7 Å². The molecule has 132 valence electrons. The summed E-state index contributed by atoms with van der Waals surface area (Å²) in [7, 11) is 0. The SMILES string of the molecule is C#C[C@](C)(OC[C@@H](COCC(C)C)N1CCCC1)c1ccccc1. The highest BCUT2D eigenvalue weighted by molar-refractivity contribution is 5.29. The lowest BCUT2D eigenvalue weighted by atomic mass is 9.97. The number of ether oxygens (including phenoxy) is 2. The van der Waals surface area contributed by atoms with Gasteiger partial charge in [-0.25, -0.2) is 0 Å². The third-order valence-electron chi connectivity index (χ3n) is 4.58. The molecule has 2 rings (SSSR count). The van der Waals surface area contributed by atoms with Gasteiger partial charge in [-0.2, -0.15) is 0 Å². The number of hydrogen-bond acceptors (Lipinski definition) is 3. The van der Waals surface area contributed by atoms with Gasteiger partial charge in [0.05, 0.1) is 19.3 Å². The van der Waals surface area contributed by atoms with E-state index in [9.17, 15) is 0 Å². The summed E-state index contributed by atoms with van der Waals surface area (Å²) in [6.45, 7) is 10.6. The fourth-order valence-corrected chi connectivity index (χ4v) is 3.03. The fraction of sp³-hybridized carbons (Fsp3) is 0.619. The molecule has 1 aromatic rings. The number of likely N-dealkylation sites (tertiary alicyclic amines) is 1. The molecule has 1 heterocycles. The molecule has 1 aliphatic heterocycles. The number of rotatable bonds is 9. The summed E-state index contributed by atoms with van der Waals surface area (Å²) in [6, 6.07) is 10.3. The maximum Gasteiger partial charge on any atom is 0.151 e. The summed E-state index contributed by atoms with van der Waals surface area (Å²) in [5.74, 6) is 3.38.